The summed E-state index contributed by atoms with van der Waals surface area (Å²) in [5, 5.41) is 0. The van der Waals surface area contributed by atoms with Gasteiger partial charge in [-0.3, -0.25) is 4.90 Å². The summed E-state index contributed by atoms with van der Waals surface area (Å²) in [6, 6.07) is 0.435. The van der Waals surface area contributed by atoms with E-state index in [2.05, 4.69) is 18.7 Å². The molecule has 3 atom stereocenters. The average Bonchev–Trinajstić information content (AvgIpc) is 2.74. The SMILES string of the molecule is CC.CCOC(C)C1[C@@H](OC)CCN1CC. The fourth-order valence-electron chi connectivity index (χ4n) is 2.43. The van der Waals surface area contributed by atoms with Crippen molar-refractivity contribution in [2.45, 2.75) is 59.3 Å². The van der Waals surface area contributed by atoms with E-state index in [-0.39, 0.29) is 6.10 Å². The van der Waals surface area contributed by atoms with E-state index < -0.39 is 0 Å². The van der Waals surface area contributed by atoms with Gasteiger partial charge in [-0.1, -0.05) is 20.8 Å². The number of rotatable bonds is 5. The Morgan fingerprint density at radius 3 is 2.38 bits per heavy atom. The van der Waals surface area contributed by atoms with Crippen LogP contribution in [0.3, 0.4) is 0 Å². The van der Waals surface area contributed by atoms with E-state index in [1.807, 2.05) is 20.8 Å². The molecule has 3 heteroatoms. The van der Waals surface area contributed by atoms with Gasteiger partial charge in [0.1, 0.15) is 0 Å². The third-order valence-corrected chi connectivity index (χ3v) is 3.12. The molecule has 0 N–H and O–H groups in total. The second kappa shape index (κ2) is 8.97. The van der Waals surface area contributed by atoms with Crippen LogP contribution in [-0.2, 0) is 9.47 Å². The summed E-state index contributed by atoms with van der Waals surface area (Å²) in [7, 11) is 1.80. The summed E-state index contributed by atoms with van der Waals surface area (Å²) in [5.74, 6) is 0. The zero-order chi connectivity index (χ0) is 12.6. The fourth-order valence-corrected chi connectivity index (χ4v) is 2.43. The Balaban J connectivity index is 0.00000106. The number of hydrogen-bond acceptors (Lipinski definition) is 3. The lowest BCUT2D eigenvalue weighted by Gasteiger charge is -2.31. The summed E-state index contributed by atoms with van der Waals surface area (Å²) in [6.45, 7) is 13.4. The number of nitrogens with zero attached hydrogens (tertiary/aromatic N) is 1. The zero-order valence-corrected chi connectivity index (χ0v) is 11.8. The van der Waals surface area contributed by atoms with Gasteiger partial charge in [0.05, 0.1) is 18.2 Å². The molecule has 2 unspecified atom stereocenters. The quantitative estimate of drug-likeness (QED) is 0.726. The highest BCUT2D eigenvalue weighted by Gasteiger charge is 2.37. The predicted molar refractivity (Wildman–Crippen MR) is 68.9 cm³/mol. The van der Waals surface area contributed by atoms with Crippen LogP contribution in [0.5, 0.6) is 0 Å². The monoisotopic (exact) mass is 231 g/mol. The molecule has 0 aromatic heterocycles. The van der Waals surface area contributed by atoms with Crippen LogP contribution in [0.4, 0.5) is 0 Å². The molecule has 16 heavy (non-hydrogen) atoms. The van der Waals surface area contributed by atoms with Crippen molar-refractivity contribution in [3.63, 3.8) is 0 Å². The first-order valence-electron chi connectivity index (χ1n) is 6.63. The van der Waals surface area contributed by atoms with E-state index in [9.17, 15) is 0 Å². The van der Waals surface area contributed by atoms with Crippen LogP contribution in [0.1, 0.15) is 41.0 Å². The summed E-state index contributed by atoms with van der Waals surface area (Å²) in [5.41, 5.74) is 0. The minimum absolute atomic E-state index is 0.271. The van der Waals surface area contributed by atoms with Crippen molar-refractivity contribution in [3.05, 3.63) is 0 Å². The Bertz CT molecular complexity index is 152. The van der Waals surface area contributed by atoms with Gasteiger partial charge < -0.3 is 9.47 Å². The standard InChI is InChI=1S/C11H23NO2.C2H6/c1-5-12-8-7-10(13-4)11(12)9(3)14-6-2;1-2/h9-11H,5-8H2,1-4H3;1-2H3/t9?,10-,11?;/m0./s1. The molecule has 1 aliphatic rings. The molecule has 0 saturated carbocycles. The van der Waals surface area contributed by atoms with Crippen molar-refractivity contribution < 1.29 is 9.47 Å². The van der Waals surface area contributed by atoms with Crippen LogP contribution in [0, 0.1) is 0 Å². The smallest absolute Gasteiger partial charge is 0.0763 e. The highest BCUT2D eigenvalue weighted by Crippen LogP contribution is 2.24. The van der Waals surface area contributed by atoms with Gasteiger partial charge in [-0.05, 0) is 26.8 Å². The van der Waals surface area contributed by atoms with Crippen molar-refractivity contribution in [3.8, 4) is 0 Å². The highest BCUT2D eigenvalue weighted by molar-refractivity contribution is 4.91. The highest BCUT2D eigenvalue weighted by atomic mass is 16.5. The van der Waals surface area contributed by atoms with Crippen molar-refractivity contribution in [1.29, 1.82) is 0 Å². The first-order chi connectivity index (χ1) is 7.74. The summed E-state index contributed by atoms with van der Waals surface area (Å²) in [4.78, 5) is 2.45. The predicted octanol–water partition coefficient (Wildman–Crippen LogP) is 2.55. The van der Waals surface area contributed by atoms with Crippen molar-refractivity contribution in [2.24, 2.45) is 0 Å². The number of likely N-dealkylation sites (N-methyl/N-ethyl adjacent to an activating group) is 1. The van der Waals surface area contributed by atoms with E-state index in [4.69, 9.17) is 9.47 Å². The molecule has 0 radical (unpaired) electrons. The second-order valence-electron chi connectivity index (χ2n) is 3.84. The van der Waals surface area contributed by atoms with Gasteiger partial charge in [0.2, 0.25) is 0 Å². The molecule has 0 amide bonds. The van der Waals surface area contributed by atoms with Crippen LogP contribution < -0.4 is 0 Å². The Morgan fingerprint density at radius 2 is 1.94 bits per heavy atom. The maximum atomic E-state index is 5.67. The van der Waals surface area contributed by atoms with Gasteiger partial charge in [-0.15, -0.1) is 0 Å². The van der Waals surface area contributed by atoms with Crippen LogP contribution in [0.25, 0.3) is 0 Å². The van der Waals surface area contributed by atoms with Crippen LogP contribution in [-0.4, -0.2) is 50.0 Å². The summed E-state index contributed by atoms with van der Waals surface area (Å²) in [6.07, 6.45) is 1.75. The normalized spacial score (nSPS) is 27.4. The Labute approximate surface area is 101 Å². The molecule has 1 fully saturated rings. The minimum atomic E-state index is 0.271. The molecule has 0 bridgehead atoms. The number of likely N-dealkylation sites (tertiary alicyclic amines) is 1. The Morgan fingerprint density at radius 1 is 1.31 bits per heavy atom. The van der Waals surface area contributed by atoms with Crippen molar-refractivity contribution in [2.75, 3.05) is 26.8 Å². The summed E-state index contributed by atoms with van der Waals surface area (Å²) >= 11 is 0. The van der Waals surface area contributed by atoms with Gasteiger partial charge in [-0.25, -0.2) is 0 Å². The average molecular weight is 231 g/mol. The Kier molecular flexibility index (Phi) is 8.90. The Hall–Kier alpha value is -0.120. The van der Waals surface area contributed by atoms with E-state index in [0.29, 0.717) is 12.1 Å². The van der Waals surface area contributed by atoms with Crippen LogP contribution in [0.2, 0.25) is 0 Å². The summed E-state index contributed by atoms with van der Waals surface area (Å²) < 4.78 is 11.2. The number of methoxy groups -OCH3 is 1. The van der Waals surface area contributed by atoms with Gasteiger partial charge in [0, 0.05) is 20.3 Å². The molecule has 1 saturated heterocycles. The van der Waals surface area contributed by atoms with Gasteiger partial charge in [-0.2, -0.15) is 0 Å². The van der Waals surface area contributed by atoms with Crippen LogP contribution >= 0.6 is 0 Å². The van der Waals surface area contributed by atoms with Crippen molar-refractivity contribution in [1.82, 2.24) is 4.90 Å². The first kappa shape index (κ1) is 15.9. The molecular weight excluding hydrogens is 202 g/mol. The molecule has 1 rings (SSSR count). The number of hydrogen-bond donors (Lipinski definition) is 0. The minimum Gasteiger partial charge on any atom is -0.380 e. The lowest BCUT2D eigenvalue weighted by atomic mass is 10.1. The van der Waals surface area contributed by atoms with Gasteiger partial charge >= 0.3 is 0 Å². The molecular formula is C13H29NO2. The van der Waals surface area contributed by atoms with E-state index >= 15 is 0 Å². The van der Waals surface area contributed by atoms with E-state index in [1.165, 1.54) is 0 Å². The second-order valence-corrected chi connectivity index (χ2v) is 3.84. The lowest BCUT2D eigenvalue weighted by molar-refractivity contribution is -0.0319. The zero-order valence-electron chi connectivity index (χ0n) is 11.8. The topological polar surface area (TPSA) is 21.7 Å². The third kappa shape index (κ3) is 4.04. The molecule has 98 valence electrons. The van der Waals surface area contributed by atoms with Gasteiger partial charge in [0.15, 0.2) is 0 Å². The molecule has 0 aliphatic carbocycles. The number of ether oxygens (including phenoxy) is 2. The maximum absolute atomic E-state index is 5.67. The third-order valence-electron chi connectivity index (χ3n) is 3.12. The fraction of sp³-hybridized carbons (Fsp3) is 1.00. The molecule has 1 heterocycles. The van der Waals surface area contributed by atoms with Crippen molar-refractivity contribution >= 4 is 0 Å². The van der Waals surface area contributed by atoms with Gasteiger partial charge in [0.25, 0.3) is 0 Å². The van der Waals surface area contributed by atoms with E-state index in [1.54, 1.807) is 7.11 Å². The van der Waals surface area contributed by atoms with Crippen LogP contribution in [0.15, 0.2) is 0 Å². The molecule has 0 aromatic rings. The van der Waals surface area contributed by atoms with E-state index in [0.717, 1.165) is 26.1 Å². The molecule has 3 nitrogen and oxygen atoms in total. The molecule has 1 aliphatic heterocycles. The first-order valence-corrected chi connectivity index (χ1v) is 6.63. The largest absolute Gasteiger partial charge is 0.380 e. The molecule has 0 spiro atoms. The lowest BCUT2D eigenvalue weighted by Crippen LogP contribution is -2.45. The maximum Gasteiger partial charge on any atom is 0.0763 e. The molecule has 0 aromatic carbocycles.